The van der Waals surface area contributed by atoms with E-state index >= 15 is 0 Å². The molecule has 132 valence electrons. The minimum absolute atomic E-state index is 0.159. The predicted octanol–water partition coefficient (Wildman–Crippen LogP) is 3.38. The summed E-state index contributed by atoms with van der Waals surface area (Å²) >= 11 is 0. The monoisotopic (exact) mass is 348 g/mol. The second kappa shape index (κ2) is 5.53. The van der Waals surface area contributed by atoms with Crippen molar-refractivity contribution in [2.45, 2.75) is 33.2 Å². The Kier molecular flexibility index (Phi) is 3.51. The van der Waals surface area contributed by atoms with Crippen LogP contribution in [0.1, 0.15) is 46.2 Å². The van der Waals surface area contributed by atoms with Gasteiger partial charge in [-0.05, 0) is 50.5 Å². The van der Waals surface area contributed by atoms with Crippen molar-refractivity contribution in [2.75, 3.05) is 0 Å². The number of benzene rings is 1. The fraction of sp³-hybridized carbons (Fsp3) is 0.286. The smallest absolute Gasteiger partial charge is 0.315 e. The second-order valence-corrected chi connectivity index (χ2v) is 7.25. The predicted molar refractivity (Wildman–Crippen MR) is 101 cm³/mol. The van der Waals surface area contributed by atoms with Crippen LogP contribution in [0.4, 0.5) is 0 Å². The van der Waals surface area contributed by atoms with E-state index in [0.29, 0.717) is 23.5 Å². The van der Waals surface area contributed by atoms with Crippen LogP contribution in [0.15, 0.2) is 29.1 Å². The number of fused-ring (bicyclic) bond motifs is 3. The lowest BCUT2D eigenvalue weighted by atomic mass is 10.0. The lowest BCUT2D eigenvalue weighted by Gasteiger charge is -2.18. The van der Waals surface area contributed by atoms with Crippen LogP contribution in [0, 0.1) is 26.2 Å². The highest BCUT2D eigenvalue weighted by Gasteiger charge is 2.62. The summed E-state index contributed by atoms with van der Waals surface area (Å²) in [6.45, 7) is 5.85. The summed E-state index contributed by atoms with van der Waals surface area (Å²) < 4.78 is 1.54. The Balaban J connectivity index is 1.75. The largest absolute Gasteiger partial charge is 0.481 e. The Hall–Kier alpha value is -2.95. The van der Waals surface area contributed by atoms with Gasteiger partial charge in [0.1, 0.15) is 11.2 Å². The molecule has 0 bridgehead atoms. The molecule has 2 heterocycles. The highest BCUT2D eigenvalue weighted by molar-refractivity contribution is 5.84. The van der Waals surface area contributed by atoms with E-state index < -0.39 is 11.4 Å². The van der Waals surface area contributed by atoms with Crippen LogP contribution in [-0.2, 0) is 4.79 Å². The lowest BCUT2D eigenvalue weighted by Crippen LogP contribution is -2.31. The third-order valence-electron chi connectivity index (χ3n) is 5.46. The van der Waals surface area contributed by atoms with Gasteiger partial charge >= 0.3 is 5.97 Å². The summed E-state index contributed by atoms with van der Waals surface area (Å²) in [7, 11) is 0. The molecule has 1 aliphatic heterocycles. The van der Waals surface area contributed by atoms with Gasteiger partial charge in [0.05, 0.1) is 11.7 Å². The maximum Gasteiger partial charge on any atom is 0.315 e. The van der Waals surface area contributed by atoms with Crippen molar-refractivity contribution in [1.29, 1.82) is 0 Å². The van der Waals surface area contributed by atoms with Gasteiger partial charge in [0.25, 0.3) is 5.56 Å². The van der Waals surface area contributed by atoms with Crippen LogP contribution in [0.5, 0.6) is 0 Å². The summed E-state index contributed by atoms with van der Waals surface area (Å²) in [4.78, 5) is 28.9. The van der Waals surface area contributed by atoms with Gasteiger partial charge in [-0.15, -0.1) is 0 Å². The van der Waals surface area contributed by atoms with Crippen molar-refractivity contribution in [1.82, 2.24) is 9.55 Å². The molecule has 1 fully saturated rings. The summed E-state index contributed by atoms with van der Waals surface area (Å²) in [6.07, 6.45) is 7.60. The first-order valence-electron chi connectivity index (χ1n) is 8.64. The van der Waals surface area contributed by atoms with E-state index in [4.69, 9.17) is 0 Å². The SMILES string of the molecule is Cc1ccc(/C=C/c2nc3n(c(=O)c2C)C2CC2(C(=O)O)C=C3)c(C)c1. The van der Waals surface area contributed by atoms with Crippen LogP contribution in [0.2, 0.25) is 0 Å². The Morgan fingerprint density at radius 1 is 1.31 bits per heavy atom. The molecule has 4 rings (SSSR count). The van der Waals surface area contributed by atoms with Crippen molar-refractivity contribution in [3.05, 3.63) is 68.4 Å². The van der Waals surface area contributed by atoms with E-state index in [9.17, 15) is 14.7 Å². The number of carboxylic acid groups (broad SMARTS) is 1. The fourth-order valence-corrected chi connectivity index (χ4v) is 3.70. The number of hydrogen-bond acceptors (Lipinski definition) is 3. The van der Waals surface area contributed by atoms with Crippen LogP contribution in [0.25, 0.3) is 18.2 Å². The Morgan fingerprint density at radius 3 is 2.77 bits per heavy atom. The molecule has 26 heavy (non-hydrogen) atoms. The third-order valence-corrected chi connectivity index (χ3v) is 5.46. The maximum absolute atomic E-state index is 12.8. The van der Waals surface area contributed by atoms with Gasteiger partial charge in [0.2, 0.25) is 0 Å². The maximum atomic E-state index is 12.8. The van der Waals surface area contributed by atoms with E-state index in [2.05, 4.69) is 31.0 Å². The first-order valence-corrected chi connectivity index (χ1v) is 8.64. The molecule has 1 saturated carbocycles. The van der Waals surface area contributed by atoms with Gasteiger partial charge in [-0.1, -0.05) is 35.9 Å². The molecule has 1 N–H and O–H groups in total. The van der Waals surface area contributed by atoms with Gasteiger partial charge in [0, 0.05) is 5.56 Å². The summed E-state index contributed by atoms with van der Waals surface area (Å²) in [5.74, 6) is -0.354. The van der Waals surface area contributed by atoms with Crippen molar-refractivity contribution in [3.63, 3.8) is 0 Å². The molecule has 2 aliphatic rings. The molecule has 1 aliphatic carbocycles. The Bertz CT molecular complexity index is 1060. The number of nitrogens with zero attached hydrogens (tertiary/aromatic N) is 2. The molecule has 5 heteroatoms. The molecular formula is C21H20N2O3. The molecule has 0 spiro atoms. The van der Waals surface area contributed by atoms with E-state index in [-0.39, 0.29) is 11.6 Å². The molecule has 0 amide bonds. The molecule has 2 aromatic rings. The molecule has 0 saturated heterocycles. The number of aromatic nitrogens is 2. The van der Waals surface area contributed by atoms with Gasteiger partial charge in [-0.2, -0.15) is 0 Å². The average Bonchev–Trinajstić information content (AvgIpc) is 3.34. The van der Waals surface area contributed by atoms with Gasteiger partial charge in [-0.3, -0.25) is 14.2 Å². The molecule has 1 aromatic carbocycles. The van der Waals surface area contributed by atoms with E-state index in [1.807, 2.05) is 18.2 Å². The van der Waals surface area contributed by atoms with Crippen molar-refractivity contribution in [2.24, 2.45) is 5.41 Å². The standard InChI is InChI=1S/C21H20N2O3/c1-12-4-5-15(13(2)10-12)6-7-16-14(3)19(24)23-17-11-21(17,20(25)26)9-8-18(23)22-16/h4-10,17H,11H2,1-3H3,(H,25,26)/b7-6+. The van der Waals surface area contributed by atoms with Crippen LogP contribution in [-0.4, -0.2) is 20.6 Å². The third kappa shape index (κ3) is 2.35. The van der Waals surface area contributed by atoms with E-state index in [1.165, 1.54) is 10.1 Å². The highest BCUT2D eigenvalue weighted by Crippen LogP contribution is 2.59. The van der Waals surface area contributed by atoms with Crippen molar-refractivity contribution in [3.8, 4) is 0 Å². The Labute approximate surface area is 151 Å². The lowest BCUT2D eigenvalue weighted by molar-refractivity contribution is -0.141. The number of aliphatic carboxylic acids is 1. The number of hydrogen-bond donors (Lipinski definition) is 1. The molecule has 5 nitrogen and oxygen atoms in total. The van der Waals surface area contributed by atoms with Gasteiger partial charge in [-0.25, -0.2) is 4.98 Å². The molecular weight excluding hydrogens is 328 g/mol. The van der Waals surface area contributed by atoms with Crippen molar-refractivity contribution < 1.29 is 9.90 Å². The van der Waals surface area contributed by atoms with Gasteiger partial charge < -0.3 is 5.11 Å². The molecule has 1 aromatic heterocycles. The number of rotatable bonds is 3. The first-order chi connectivity index (χ1) is 12.3. The summed E-state index contributed by atoms with van der Waals surface area (Å²) in [6, 6.07) is 5.89. The minimum Gasteiger partial charge on any atom is -0.481 e. The zero-order valence-corrected chi connectivity index (χ0v) is 15.0. The molecule has 2 unspecified atom stereocenters. The molecule has 0 radical (unpaired) electrons. The number of carboxylic acids is 1. The second-order valence-electron chi connectivity index (χ2n) is 7.25. The fourth-order valence-electron chi connectivity index (χ4n) is 3.70. The number of carbonyl (C=O) groups is 1. The zero-order valence-electron chi connectivity index (χ0n) is 15.0. The summed E-state index contributed by atoms with van der Waals surface area (Å²) in [5.41, 5.74) is 3.52. The first kappa shape index (κ1) is 16.5. The molecule has 2 atom stereocenters. The van der Waals surface area contributed by atoms with E-state index in [0.717, 1.165) is 11.1 Å². The van der Waals surface area contributed by atoms with Gasteiger partial charge in [0.15, 0.2) is 0 Å². The topological polar surface area (TPSA) is 72.2 Å². The zero-order chi connectivity index (χ0) is 18.6. The minimum atomic E-state index is -0.929. The van der Waals surface area contributed by atoms with E-state index in [1.54, 1.807) is 19.1 Å². The quantitative estimate of drug-likeness (QED) is 0.923. The number of aryl methyl sites for hydroxylation is 2. The summed E-state index contributed by atoms with van der Waals surface area (Å²) in [5, 5.41) is 9.44. The Morgan fingerprint density at radius 2 is 2.08 bits per heavy atom. The normalized spacial score (nSPS) is 23.0. The highest BCUT2D eigenvalue weighted by atomic mass is 16.4. The average molecular weight is 348 g/mol. The van der Waals surface area contributed by atoms with Crippen LogP contribution >= 0.6 is 0 Å². The van der Waals surface area contributed by atoms with Crippen molar-refractivity contribution >= 4 is 24.2 Å². The van der Waals surface area contributed by atoms with Crippen LogP contribution in [0.3, 0.4) is 0 Å². The van der Waals surface area contributed by atoms with Crippen LogP contribution < -0.4 is 5.56 Å².